The van der Waals surface area contributed by atoms with E-state index >= 15 is 0 Å². The minimum Gasteiger partial charge on any atom is -0.481 e. The van der Waals surface area contributed by atoms with Gasteiger partial charge in [0.2, 0.25) is 0 Å². The van der Waals surface area contributed by atoms with Crippen molar-refractivity contribution in [3.8, 4) is 0 Å². The van der Waals surface area contributed by atoms with Gasteiger partial charge in [-0.15, -0.1) is 0 Å². The molecule has 2 bridgehead atoms. The highest BCUT2D eigenvalue weighted by atomic mass is 16.6. The van der Waals surface area contributed by atoms with E-state index in [1.54, 1.807) is 0 Å². The summed E-state index contributed by atoms with van der Waals surface area (Å²) in [7, 11) is 0. The van der Waals surface area contributed by atoms with Crippen molar-refractivity contribution in [1.82, 2.24) is 0 Å². The van der Waals surface area contributed by atoms with E-state index < -0.39 is 17.2 Å². The molecule has 5 aliphatic carbocycles. The predicted molar refractivity (Wildman–Crippen MR) is 132 cm³/mol. The fourth-order valence-corrected chi connectivity index (χ4v) is 11.9. The van der Waals surface area contributed by atoms with Crippen molar-refractivity contribution in [3.63, 3.8) is 0 Å². The summed E-state index contributed by atoms with van der Waals surface area (Å²) in [6.07, 6.45) is 12.0. The number of carbonyl (C=O) groups is 1. The lowest BCUT2D eigenvalue weighted by atomic mass is 9.30. The molecule has 1 aliphatic heterocycles. The summed E-state index contributed by atoms with van der Waals surface area (Å²) in [6.45, 7) is 15.3. The Bertz CT molecular complexity index is 917. The van der Waals surface area contributed by atoms with Gasteiger partial charge < -0.3 is 14.9 Å². The first-order valence-electron chi connectivity index (χ1n) is 14.3. The molecule has 34 heavy (non-hydrogen) atoms. The predicted octanol–water partition coefficient (Wildman–Crippen LogP) is 6.65. The largest absolute Gasteiger partial charge is 0.481 e. The Morgan fingerprint density at radius 1 is 0.794 bits per heavy atom. The summed E-state index contributed by atoms with van der Waals surface area (Å²) in [5.74, 6) is 0.525. The molecule has 0 amide bonds. The average molecular weight is 473 g/mol. The molecule has 4 nitrogen and oxygen atoms in total. The van der Waals surface area contributed by atoms with Crippen LogP contribution in [0.1, 0.15) is 112 Å². The van der Waals surface area contributed by atoms with Crippen molar-refractivity contribution in [3.05, 3.63) is 0 Å². The molecule has 1 unspecified atom stereocenters. The Morgan fingerprint density at radius 2 is 1.41 bits per heavy atom. The van der Waals surface area contributed by atoms with Crippen LogP contribution in [0.25, 0.3) is 0 Å². The number of aliphatic hydroxyl groups is 1. The van der Waals surface area contributed by atoms with Gasteiger partial charge in [-0.2, -0.15) is 0 Å². The van der Waals surface area contributed by atoms with Gasteiger partial charge in [-0.1, -0.05) is 34.6 Å². The fourth-order valence-electron chi connectivity index (χ4n) is 11.9. The molecule has 0 aromatic carbocycles. The summed E-state index contributed by atoms with van der Waals surface area (Å²) in [5, 5.41) is 21.3. The first-order valence-corrected chi connectivity index (χ1v) is 14.3. The van der Waals surface area contributed by atoms with Crippen LogP contribution in [0.4, 0.5) is 0 Å². The fraction of sp³-hybridized carbons (Fsp3) is 0.967. The third kappa shape index (κ3) is 2.51. The van der Waals surface area contributed by atoms with Crippen LogP contribution < -0.4 is 0 Å². The molecule has 11 atom stereocenters. The van der Waals surface area contributed by atoms with Crippen molar-refractivity contribution in [2.75, 3.05) is 6.61 Å². The van der Waals surface area contributed by atoms with Crippen molar-refractivity contribution < 1.29 is 19.7 Å². The van der Waals surface area contributed by atoms with Gasteiger partial charge in [-0.3, -0.25) is 4.79 Å². The first kappa shape index (κ1) is 23.8. The summed E-state index contributed by atoms with van der Waals surface area (Å²) in [4.78, 5) is 12.3. The smallest absolute Gasteiger partial charge is 0.309 e. The zero-order chi connectivity index (χ0) is 24.6. The van der Waals surface area contributed by atoms with E-state index in [1.807, 2.05) is 6.92 Å². The lowest BCUT2D eigenvalue weighted by molar-refractivity contribution is -0.267. The van der Waals surface area contributed by atoms with Gasteiger partial charge in [-0.25, -0.2) is 0 Å². The number of ether oxygens (including phenoxy) is 1. The molecule has 6 aliphatic rings. The van der Waals surface area contributed by atoms with Crippen molar-refractivity contribution in [2.45, 2.75) is 118 Å². The normalized spacial score (nSPS) is 62.7. The molecule has 1 heterocycles. The molecule has 0 radical (unpaired) electrons. The standard InChI is InChI=1S/C30H48O4/c1-19-29-9-7-20-26(4,21(29)8-10-30(19,33)34-18-29)14-16-28(6)22-17-25(3,23(31)32)12-11-24(22,2)13-15-27(20,28)5/h19-22,33H,7-18H2,1-6H3,(H,31,32)/t19?,20-,21-,22+,24+,25+,26+,27+,28-,29-,30-/m0/s1. The van der Waals surface area contributed by atoms with Crippen LogP contribution in [0.15, 0.2) is 0 Å². The molecule has 4 heteroatoms. The highest BCUT2D eigenvalue weighted by molar-refractivity contribution is 5.74. The van der Waals surface area contributed by atoms with Crippen LogP contribution in [0.5, 0.6) is 0 Å². The van der Waals surface area contributed by atoms with E-state index in [0.29, 0.717) is 17.8 Å². The highest BCUT2D eigenvalue weighted by Gasteiger charge is 2.74. The molecule has 0 aromatic heterocycles. The SMILES string of the molecule is CC1[C@@]23CC[C@H]4[C@@](C)(CC[C@@]5(C)[C@@H]6C[C@](C)(C(=O)O)CC[C@]6(C)CC[C@]45C)[C@@H]2CC[C@]1(O)OC3. The van der Waals surface area contributed by atoms with Crippen LogP contribution in [0, 0.1) is 56.2 Å². The number of carboxylic acids is 1. The second-order valence-electron chi connectivity index (χ2n) is 15.4. The third-order valence-corrected chi connectivity index (χ3v) is 14.6. The lowest BCUT2D eigenvalue weighted by Gasteiger charge is -2.74. The summed E-state index contributed by atoms with van der Waals surface area (Å²) in [5.41, 5.74) is 0.569. The number of hydrogen-bond donors (Lipinski definition) is 2. The van der Waals surface area contributed by atoms with Gasteiger partial charge in [0.25, 0.3) is 0 Å². The van der Waals surface area contributed by atoms with Crippen LogP contribution in [-0.2, 0) is 9.53 Å². The molecule has 1 spiro atoms. The maximum atomic E-state index is 12.3. The zero-order valence-corrected chi connectivity index (χ0v) is 22.5. The van der Waals surface area contributed by atoms with E-state index in [2.05, 4.69) is 34.6 Å². The number of carboxylic acid groups (broad SMARTS) is 1. The van der Waals surface area contributed by atoms with Gasteiger partial charge in [0.15, 0.2) is 5.79 Å². The molecule has 192 valence electrons. The molecule has 1 saturated heterocycles. The van der Waals surface area contributed by atoms with Gasteiger partial charge in [-0.05, 0) is 111 Å². The Labute approximate surface area is 206 Å². The van der Waals surface area contributed by atoms with Gasteiger partial charge >= 0.3 is 5.97 Å². The van der Waals surface area contributed by atoms with E-state index in [9.17, 15) is 15.0 Å². The molecule has 0 aromatic rings. The third-order valence-electron chi connectivity index (χ3n) is 14.6. The molecular formula is C30H48O4. The monoisotopic (exact) mass is 472 g/mol. The minimum atomic E-state index is -0.900. The van der Waals surface area contributed by atoms with E-state index in [1.165, 1.54) is 38.5 Å². The van der Waals surface area contributed by atoms with Crippen molar-refractivity contribution in [2.24, 2.45) is 56.2 Å². The van der Waals surface area contributed by atoms with Crippen LogP contribution in [0.2, 0.25) is 0 Å². The number of hydrogen-bond acceptors (Lipinski definition) is 3. The molecule has 6 rings (SSSR count). The number of rotatable bonds is 1. The zero-order valence-electron chi connectivity index (χ0n) is 22.5. The molecule has 5 saturated carbocycles. The maximum absolute atomic E-state index is 12.3. The molecule has 6 fully saturated rings. The lowest BCUT2D eigenvalue weighted by Crippen LogP contribution is -2.68. The Hall–Kier alpha value is -0.610. The maximum Gasteiger partial charge on any atom is 0.309 e. The van der Waals surface area contributed by atoms with Gasteiger partial charge in [0.05, 0.1) is 12.0 Å². The van der Waals surface area contributed by atoms with Crippen molar-refractivity contribution in [1.29, 1.82) is 0 Å². The Balaban J connectivity index is 1.39. The Kier molecular flexibility index (Phi) is 4.63. The number of fused-ring (bicyclic) bond motifs is 7. The average Bonchev–Trinajstić information content (AvgIpc) is 2.92. The summed E-state index contributed by atoms with van der Waals surface area (Å²) in [6, 6.07) is 0. The van der Waals surface area contributed by atoms with Crippen LogP contribution in [0.3, 0.4) is 0 Å². The number of aliphatic carboxylic acids is 1. The van der Waals surface area contributed by atoms with Gasteiger partial charge in [0.1, 0.15) is 0 Å². The first-order chi connectivity index (χ1) is 15.7. The van der Waals surface area contributed by atoms with Crippen LogP contribution >= 0.6 is 0 Å². The van der Waals surface area contributed by atoms with E-state index in [0.717, 1.165) is 38.7 Å². The quantitative estimate of drug-likeness (QED) is 0.448. The summed E-state index contributed by atoms with van der Waals surface area (Å²) < 4.78 is 6.14. The van der Waals surface area contributed by atoms with Gasteiger partial charge in [0, 0.05) is 17.8 Å². The van der Waals surface area contributed by atoms with Crippen LogP contribution in [-0.4, -0.2) is 28.6 Å². The van der Waals surface area contributed by atoms with E-state index in [4.69, 9.17) is 4.74 Å². The topological polar surface area (TPSA) is 66.8 Å². The molecular weight excluding hydrogens is 424 g/mol. The second kappa shape index (κ2) is 6.63. The Morgan fingerprint density at radius 3 is 2.12 bits per heavy atom. The van der Waals surface area contributed by atoms with Crippen molar-refractivity contribution >= 4 is 5.97 Å². The second-order valence-corrected chi connectivity index (χ2v) is 15.4. The molecule has 2 N–H and O–H groups in total. The highest BCUT2D eigenvalue weighted by Crippen LogP contribution is 2.79. The minimum absolute atomic E-state index is 0.137. The van der Waals surface area contributed by atoms with E-state index in [-0.39, 0.29) is 33.0 Å². The summed E-state index contributed by atoms with van der Waals surface area (Å²) >= 11 is 0.